The van der Waals surface area contributed by atoms with Crippen LogP contribution in [0.5, 0.6) is 0 Å². The van der Waals surface area contributed by atoms with Gasteiger partial charge in [0.15, 0.2) is 0 Å². The van der Waals surface area contributed by atoms with Crippen LogP contribution < -0.4 is 9.80 Å². The number of hydrogen-bond donors (Lipinski definition) is 2. The molecule has 2 N–H and O–H groups in total. The Hall–Kier alpha value is -2.76. The Labute approximate surface area is 159 Å². The first-order valence-corrected chi connectivity index (χ1v) is 9.57. The zero-order valence-corrected chi connectivity index (χ0v) is 15.4. The van der Waals surface area contributed by atoms with Crippen LogP contribution in [0.25, 0.3) is 10.8 Å². The van der Waals surface area contributed by atoms with Crippen LogP contribution in [0.1, 0.15) is 11.1 Å². The minimum Gasteiger partial charge on any atom is -0.322 e. The van der Waals surface area contributed by atoms with E-state index < -0.39 is 0 Å². The summed E-state index contributed by atoms with van der Waals surface area (Å²) in [5.74, 6) is 0. The second-order valence-electron chi connectivity index (χ2n) is 7.38. The number of quaternary nitrogens is 2. The maximum Gasteiger partial charge on any atom is 0.278 e. The summed E-state index contributed by atoms with van der Waals surface area (Å²) in [7, 11) is 0. The number of nitro groups is 1. The minimum absolute atomic E-state index is 0.246. The summed E-state index contributed by atoms with van der Waals surface area (Å²) in [6.07, 6.45) is 0. The maximum atomic E-state index is 11.2. The lowest BCUT2D eigenvalue weighted by atomic mass is 10.0. The van der Waals surface area contributed by atoms with E-state index in [0.29, 0.717) is 0 Å². The van der Waals surface area contributed by atoms with Crippen molar-refractivity contribution in [3.63, 3.8) is 0 Å². The Kier molecular flexibility index (Phi) is 5.14. The van der Waals surface area contributed by atoms with Gasteiger partial charge in [0.25, 0.3) is 5.69 Å². The molecular weight excluding hydrogens is 338 g/mol. The van der Waals surface area contributed by atoms with E-state index in [4.69, 9.17) is 0 Å². The van der Waals surface area contributed by atoms with Crippen LogP contribution in [0.15, 0.2) is 66.7 Å². The van der Waals surface area contributed by atoms with E-state index in [1.807, 2.05) is 12.1 Å². The summed E-state index contributed by atoms with van der Waals surface area (Å²) < 4.78 is 0. The molecular formula is C22H25N3O2+2. The Morgan fingerprint density at radius 1 is 0.741 bits per heavy atom. The van der Waals surface area contributed by atoms with Gasteiger partial charge in [-0.05, 0) is 16.8 Å². The molecule has 3 aromatic carbocycles. The Balaban J connectivity index is 1.39. The Bertz CT molecular complexity index is 944. The van der Waals surface area contributed by atoms with E-state index in [9.17, 15) is 10.1 Å². The lowest BCUT2D eigenvalue weighted by Gasteiger charge is -2.30. The summed E-state index contributed by atoms with van der Waals surface area (Å²) in [4.78, 5) is 14.0. The van der Waals surface area contributed by atoms with Gasteiger partial charge in [0.2, 0.25) is 0 Å². The molecule has 0 radical (unpaired) electrons. The average molecular weight is 363 g/mol. The zero-order valence-electron chi connectivity index (χ0n) is 15.4. The predicted octanol–water partition coefficient (Wildman–Crippen LogP) is 1.23. The van der Waals surface area contributed by atoms with Gasteiger partial charge in [-0.1, -0.05) is 54.6 Å². The van der Waals surface area contributed by atoms with Crippen LogP contribution in [0, 0.1) is 10.1 Å². The van der Waals surface area contributed by atoms with Crippen molar-refractivity contribution in [2.45, 2.75) is 13.1 Å². The number of piperazine rings is 1. The van der Waals surface area contributed by atoms with Gasteiger partial charge < -0.3 is 9.80 Å². The molecule has 1 aliphatic rings. The van der Waals surface area contributed by atoms with Crippen molar-refractivity contribution in [2.24, 2.45) is 0 Å². The molecule has 0 unspecified atom stereocenters. The topological polar surface area (TPSA) is 52.0 Å². The lowest BCUT2D eigenvalue weighted by molar-refractivity contribution is -1.02. The van der Waals surface area contributed by atoms with E-state index in [2.05, 4.69) is 42.5 Å². The van der Waals surface area contributed by atoms with Gasteiger partial charge in [-0.2, -0.15) is 0 Å². The highest BCUT2D eigenvalue weighted by molar-refractivity contribution is 5.85. The van der Waals surface area contributed by atoms with Crippen LogP contribution in [0.3, 0.4) is 0 Å². The molecule has 1 saturated heterocycles. The molecule has 1 heterocycles. The SMILES string of the molecule is O=[N+]([O-])c1ccccc1C[NH+]1CC[NH+](Cc2cccc3ccccc23)CC1. The molecule has 0 spiro atoms. The maximum absolute atomic E-state index is 11.2. The van der Waals surface area contributed by atoms with E-state index in [0.717, 1.165) is 44.8 Å². The number of para-hydroxylation sites is 1. The van der Waals surface area contributed by atoms with Crippen LogP contribution in [-0.2, 0) is 13.1 Å². The Morgan fingerprint density at radius 3 is 2.04 bits per heavy atom. The number of nitrogens with one attached hydrogen (secondary N) is 2. The zero-order chi connectivity index (χ0) is 18.6. The van der Waals surface area contributed by atoms with Crippen molar-refractivity contribution in [3.05, 3.63) is 88.0 Å². The summed E-state index contributed by atoms with van der Waals surface area (Å²) in [5, 5.41) is 13.9. The molecule has 27 heavy (non-hydrogen) atoms. The van der Waals surface area contributed by atoms with Crippen molar-refractivity contribution in [1.82, 2.24) is 0 Å². The van der Waals surface area contributed by atoms with Gasteiger partial charge in [-0.15, -0.1) is 0 Å². The first kappa shape index (κ1) is 17.6. The molecule has 0 amide bonds. The summed E-state index contributed by atoms with van der Waals surface area (Å²) in [6.45, 7) is 6.06. The molecule has 0 saturated carbocycles. The molecule has 4 rings (SSSR count). The van der Waals surface area contributed by atoms with Gasteiger partial charge in [-0.25, -0.2) is 0 Å². The largest absolute Gasteiger partial charge is 0.322 e. The van der Waals surface area contributed by atoms with Gasteiger partial charge in [0.1, 0.15) is 39.3 Å². The van der Waals surface area contributed by atoms with Crippen molar-refractivity contribution in [3.8, 4) is 0 Å². The van der Waals surface area contributed by atoms with E-state index in [1.165, 1.54) is 21.2 Å². The van der Waals surface area contributed by atoms with Crippen molar-refractivity contribution in [1.29, 1.82) is 0 Å². The summed E-state index contributed by atoms with van der Waals surface area (Å²) >= 11 is 0. The minimum atomic E-state index is -0.267. The molecule has 1 fully saturated rings. The van der Waals surface area contributed by atoms with Crippen LogP contribution in [-0.4, -0.2) is 31.1 Å². The smallest absolute Gasteiger partial charge is 0.278 e. The fraction of sp³-hybridized carbons (Fsp3) is 0.273. The standard InChI is InChI=1S/C22H23N3O2/c26-25(27)22-11-4-2-7-20(22)17-24-14-12-23(13-15-24)16-19-9-5-8-18-6-1-3-10-21(18)19/h1-11H,12-17H2/p+2. The number of fused-ring (bicyclic) bond motifs is 1. The first-order valence-electron chi connectivity index (χ1n) is 9.57. The van der Waals surface area contributed by atoms with E-state index >= 15 is 0 Å². The Morgan fingerprint density at radius 2 is 1.30 bits per heavy atom. The molecule has 5 heteroatoms. The molecule has 0 aromatic heterocycles. The van der Waals surface area contributed by atoms with Gasteiger partial charge in [0, 0.05) is 11.6 Å². The monoisotopic (exact) mass is 363 g/mol. The summed E-state index contributed by atoms with van der Waals surface area (Å²) in [5.41, 5.74) is 2.50. The molecule has 0 bridgehead atoms. The lowest BCUT2D eigenvalue weighted by Crippen LogP contribution is -3.27. The van der Waals surface area contributed by atoms with Crippen LogP contribution in [0.2, 0.25) is 0 Å². The molecule has 3 aromatic rings. The molecule has 0 atom stereocenters. The second kappa shape index (κ2) is 7.86. The fourth-order valence-electron chi connectivity index (χ4n) is 4.13. The highest BCUT2D eigenvalue weighted by atomic mass is 16.6. The van der Waals surface area contributed by atoms with Gasteiger partial charge in [0.05, 0.1) is 10.5 Å². The van der Waals surface area contributed by atoms with Crippen LogP contribution in [0.4, 0.5) is 5.69 Å². The quantitative estimate of drug-likeness (QED) is 0.529. The number of nitro benzene ring substituents is 1. The average Bonchev–Trinajstić information content (AvgIpc) is 2.70. The molecule has 1 aliphatic heterocycles. The summed E-state index contributed by atoms with van der Waals surface area (Å²) in [6, 6.07) is 22.3. The third kappa shape index (κ3) is 3.99. The number of hydrogen-bond acceptors (Lipinski definition) is 2. The molecule has 138 valence electrons. The van der Waals surface area contributed by atoms with Crippen molar-refractivity contribution in [2.75, 3.05) is 26.2 Å². The third-order valence-corrected chi connectivity index (χ3v) is 5.61. The third-order valence-electron chi connectivity index (χ3n) is 5.61. The number of nitrogens with zero attached hydrogens (tertiary/aromatic N) is 1. The predicted molar refractivity (Wildman–Crippen MR) is 106 cm³/mol. The van der Waals surface area contributed by atoms with Gasteiger partial charge in [-0.3, -0.25) is 10.1 Å². The van der Waals surface area contributed by atoms with Crippen molar-refractivity contribution >= 4 is 16.5 Å². The highest BCUT2D eigenvalue weighted by Crippen LogP contribution is 2.18. The van der Waals surface area contributed by atoms with E-state index in [-0.39, 0.29) is 10.6 Å². The second-order valence-corrected chi connectivity index (χ2v) is 7.38. The normalized spacial score (nSPS) is 19.9. The first-order chi connectivity index (χ1) is 13.2. The highest BCUT2D eigenvalue weighted by Gasteiger charge is 2.25. The van der Waals surface area contributed by atoms with E-state index in [1.54, 1.807) is 17.0 Å². The van der Waals surface area contributed by atoms with Crippen molar-refractivity contribution < 1.29 is 14.7 Å². The number of benzene rings is 3. The fourth-order valence-corrected chi connectivity index (χ4v) is 4.13. The van der Waals surface area contributed by atoms with Gasteiger partial charge >= 0.3 is 0 Å². The van der Waals surface area contributed by atoms with Crippen LogP contribution >= 0.6 is 0 Å². The molecule has 0 aliphatic carbocycles. The molecule has 5 nitrogen and oxygen atoms in total. The number of rotatable bonds is 5.